The highest BCUT2D eigenvalue weighted by Crippen LogP contribution is 2.63. The Morgan fingerprint density at radius 1 is 0.973 bits per heavy atom. The maximum Gasteiger partial charge on any atom is 0.165 e. The molecule has 1 aromatic carbocycles. The highest BCUT2D eigenvalue weighted by Gasteiger charge is 2.64. The van der Waals surface area contributed by atoms with E-state index < -0.39 is 11.4 Å². The second kappa shape index (κ2) is 8.48. The second-order valence-electron chi connectivity index (χ2n) is 10.3. The van der Waals surface area contributed by atoms with Gasteiger partial charge in [0.15, 0.2) is 5.65 Å². The molecule has 3 aliphatic rings. The van der Waals surface area contributed by atoms with E-state index in [1.165, 1.54) is 18.2 Å². The zero-order valence-corrected chi connectivity index (χ0v) is 20.6. The van der Waals surface area contributed by atoms with Crippen molar-refractivity contribution in [2.45, 2.75) is 37.3 Å². The summed E-state index contributed by atoms with van der Waals surface area (Å²) in [7, 11) is 1.77. The largest absolute Gasteiger partial charge is 0.381 e. The number of ether oxygens (including phenoxy) is 1. The number of benzene rings is 1. The van der Waals surface area contributed by atoms with Crippen molar-refractivity contribution in [3.8, 4) is 11.1 Å². The molecule has 1 aliphatic carbocycles. The number of fused-ring (bicyclic) bond motifs is 2. The first-order valence-electron chi connectivity index (χ1n) is 12.9. The molecule has 0 amide bonds. The van der Waals surface area contributed by atoms with Crippen LogP contribution in [-0.4, -0.2) is 52.4 Å². The number of hydrogen-bond donors (Lipinski definition) is 0. The fraction of sp³-hybridized carbons (Fsp3) is 0.393. The molecule has 7 nitrogen and oxygen atoms in total. The van der Waals surface area contributed by atoms with Crippen LogP contribution in [0.3, 0.4) is 0 Å². The van der Waals surface area contributed by atoms with Crippen molar-refractivity contribution in [2.75, 3.05) is 36.5 Å². The minimum atomic E-state index is -0.531. The third-order valence-corrected chi connectivity index (χ3v) is 8.44. The second-order valence-corrected chi connectivity index (χ2v) is 10.3. The van der Waals surface area contributed by atoms with Gasteiger partial charge in [0.25, 0.3) is 0 Å². The number of methoxy groups -OCH3 is 1. The summed E-state index contributed by atoms with van der Waals surface area (Å²) >= 11 is 0. The van der Waals surface area contributed by atoms with E-state index in [0.29, 0.717) is 23.2 Å². The molecule has 0 radical (unpaired) electrons. The number of piperidine rings is 2. The summed E-state index contributed by atoms with van der Waals surface area (Å²) in [4.78, 5) is 14.2. The SMILES string of the molecule is COC1CCN(c2ccc(-c3cnn4ccc(N5CC[C@H]6C[C@]65c5cc(F)ccc5F)nc34)cn2)CC1. The first kappa shape index (κ1) is 22.6. The van der Waals surface area contributed by atoms with Gasteiger partial charge in [-0.05, 0) is 68.0 Å². The number of halogens is 2. The van der Waals surface area contributed by atoms with E-state index in [0.717, 1.165) is 68.1 Å². The Balaban J connectivity index is 1.20. The van der Waals surface area contributed by atoms with Crippen molar-refractivity contribution in [1.29, 1.82) is 0 Å². The number of nitrogens with zero attached hydrogens (tertiary/aromatic N) is 6. The van der Waals surface area contributed by atoms with Gasteiger partial charge in [0.2, 0.25) is 0 Å². The summed E-state index contributed by atoms with van der Waals surface area (Å²) in [5.74, 6) is 1.24. The summed E-state index contributed by atoms with van der Waals surface area (Å²) in [6.45, 7) is 2.61. The molecule has 3 aromatic heterocycles. The highest BCUT2D eigenvalue weighted by atomic mass is 19.1. The summed E-state index contributed by atoms with van der Waals surface area (Å²) in [6, 6.07) is 9.78. The van der Waals surface area contributed by atoms with E-state index in [-0.39, 0.29) is 5.82 Å². The van der Waals surface area contributed by atoms with Gasteiger partial charge < -0.3 is 14.5 Å². The minimum Gasteiger partial charge on any atom is -0.381 e. The quantitative estimate of drug-likeness (QED) is 0.390. The molecule has 37 heavy (non-hydrogen) atoms. The molecule has 2 saturated heterocycles. The predicted octanol–water partition coefficient (Wildman–Crippen LogP) is 4.81. The molecule has 4 aromatic rings. The van der Waals surface area contributed by atoms with Crippen LogP contribution in [0.4, 0.5) is 20.4 Å². The number of aromatic nitrogens is 4. The number of hydrogen-bond acceptors (Lipinski definition) is 6. The van der Waals surface area contributed by atoms with Gasteiger partial charge in [0.1, 0.15) is 23.3 Å². The molecule has 0 unspecified atom stereocenters. The van der Waals surface area contributed by atoms with Gasteiger partial charge in [-0.1, -0.05) is 0 Å². The molecule has 0 N–H and O–H groups in total. The van der Waals surface area contributed by atoms with Crippen molar-refractivity contribution < 1.29 is 13.5 Å². The average Bonchev–Trinajstić information content (AvgIpc) is 3.31. The average molecular weight is 503 g/mol. The van der Waals surface area contributed by atoms with Crippen LogP contribution in [0.1, 0.15) is 31.2 Å². The molecule has 0 bridgehead atoms. The fourth-order valence-electron chi connectivity index (χ4n) is 6.36. The van der Waals surface area contributed by atoms with E-state index in [9.17, 15) is 8.78 Å². The third-order valence-electron chi connectivity index (χ3n) is 8.44. The van der Waals surface area contributed by atoms with Crippen LogP contribution >= 0.6 is 0 Å². The Bertz CT molecular complexity index is 1470. The van der Waals surface area contributed by atoms with Crippen molar-refractivity contribution in [3.63, 3.8) is 0 Å². The summed E-state index contributed by atoms with van der Waals surface area (Å²) in [5, 5.41) is 4.50. The van der Waals surface area contributed by atoms with Crippen LogP contribution in [0, 0.1) is 17.6 Å². The van der Waals surface area contributed by atoms with E-state index in [2.05, 4.69) is 21.0 Å². The van der Waals surface area contributed by atoms with Crippen LogP contribution in [0.15, 0.2) is 55.0 Å². The molecule has 9 heteroatoms. The molecule has 5 heterocycles. The number of rotatable bonds is 5. The zero-order chi connectivity index (χ0) is 25.1. The molecule has 3 fully saturated rings. The van der Waals surface area contributed by atoms with E-state index >= 15 is 0 Å². The van der Waals surface area contributed by atoms with E-state index in [1.54, 1.807) is 17.8 Å². The Kier molecular flexibility index (Phi) is 5.18. The summed E-state index contributed by atoms with van der Waals surface area (Å²) < 4.78 is 36.1. The molecule has 7 rings (SSSR count). The van der Waals surface area contributed by atoms with E-state index in [4.69, 9.17) is 14.7 Å². The normalized spacial score (nSPS) is 23.6. The monoisotopic (exact) mass is 502 g/mol. The van der Waals surface area contributed by atoms with Crippen LogP contribution < -0.4 is 9.80 Å². The minimum absolute atomic E-state index is 0.303. The predicted molar refractivity (Wildman–Crippen MR) is 137 cm³/mol. The van der Waals surface area contributed by atoms with Crippen molar-refractivity contribution in [1.82, 2.24) is 19.6 Å². The summed E-state index contributed by atoms with van der Waals surface area (Å²) in [6.07, 6.45) is 9.62. The lowest BCUT2D eigenvalue weighted by molar-refractivity contribution is 0.0818. The van der Waals surface area contributed by atoms with Crippen LogP contribution in [-0.2, 0) is 10.3 Å². The van der Waals surface area contributed by atoms with Crippen LogP contribution in [0.25, 0.3) is 16.8 Å². The molecule has 2 aliphatic heterocycles. The lowest BCUT2D eigenvalue weighted by atomic mass is 10.0. The Hall–Kier alpha value is -3.59. The molecule has 0 spiro atoms. The Labute approximate surface area is 213 Å². The van der Waals surface area contributed by atoms with Gasteiger partial charge in [0.05, 0.1) is 17.8 Å². The van der Waals surface area contributed by atoms with Gasteiger partial charge >= 0.3 is 0 Å². The van der Waals surface area contributed by atoms with Crippen LogP contribution in [0.5, 0.6) is 0 Å². The van der Waals surface area contributed by atoms with Crippen molar-refractivity contribution in [3.05, 3.63) is 72.2 Å². The third kappa shape index (κ3) is 3.59. The number of pyridine rings is 1. The molecule has 190 valence electrons. The van der Waals surface area contributed by atoms with Crippen molar-refractivity contribution in [2.24, 2.45) is 5.92 Å². The lowest BCUT2D eigenvalue weighted by Crippen LogP contribution is -2.37. The van der Waals surface area contributed by atoms with Gasteiger partial charge in [-0.15, -0.1) is 0 Å². The van der Waals surface area contributed by atoms with Gasteiger partial charge in [-0.2, -0.15) is 5.10 Å². The molecular weight excluding hydrogens is 474 g/mol. The topological polar surface area (TPSA) is 58.8 Å². The molecular formula is C28H28F2N6O. The first-order valence-corrected chi connectivity index (χ1v) is 12.9. The standard InChI is InChI=1S/C28H28F2N6O/c1-37-21-7-10-34(11-8-21)25-5-2-18(16-31-25)22-17-32-36-13-9-26(33-27(22)36)35-12-6-19-15-28(19,35)23-14-20(29)3-4-24(23)30/h2-5,9,13-14,16-17,19,21H,6-8,10-12,15H2,1H3/t19-,28+/m0/s1. The van der Waals surface area contributed by atoms with Crippen LogP contribution in [0.2, 0.25) is 0 Å². The smallest absolute Gasteiger partial charge is 0.165 e. The summed E-state index contributed by atoms with van der Waals surface area (Å²) in [5.41, 5.74) is 2.44. The first-order chi connectivity index (χ1) is 18.1. The fourth-order valence-corrected chi connectivity index (χ4v) is 6.36. The zero-order valence-electron chi connectivity index (χ0n) is 20.6. The highest BCUT2D eigenvalue weighted by molar-refractivity contribution is 5.78. The van der Waals surface area contributed by atoms with Gasteiger partial charge in [-0.25, -0.2) is 23.3 Å². The Morgan fingerprint density at radius 2 is 1.84 bits per heavy atom. The Morgan fingerprint density at radius 3 is 2.59 bits per heavy atom. The van der Waals surface area contributed by atoms with E-state index in [1.807, 2.05) is 24.5 Å². The molecule has 2 atom stereocenters. The maximum absolute atomic E-state index is 14.8. The number of anilines is 2. The lowest BCUT2D eigenvalue weighted by Gasteiger charge is -2.32. The van der Waals surface area contributed by atoms with Gasteiger partial charge in [-0.3, -0.25) is 0 Å². The molecule has 1 saturated carbocycles. The van der Waals surface area contributed by atoms with Crippen molar-refractivity contribution >= 4 is 17.3 Å². The maximum atomic E-state index is 14.8. The van der Waals surface area contributed by atoms with Gasteiger partial charge in [0, 0.05) is 55.8 Å².